The number of carbonyl (C=O) groups is 2. The number of hydrogen-bond acceptors (Lipinski definition) is 3. The summed E-state index contributed by atoms with van der Waals surface area (Å²) in [5.74, 6) is -0.856. The van der Waals surface area contributed by atoms with Crippen molar-refractivity contribution in [3.63, 3.8) is 0 Å². The Bertz CT molecular complexity index is 529. The summed E-state index contributed by atoms with van der Waals surface area (Å²) in [6, 6.07) is 2.87. The lowest BCUT2D eigenvalue weighted by Gasteiger charge is -2.09. The molecule has 102 valence electrons. The van der Waals surface area contributed by atoms with Gasteiger partial charge in [0.2, 0.25) is 0 Å². The minimum atomic E-state index is -0.478. The summed E-state index contributed by atoms with van der Waals surface area (Å²) in [5.41, 5.74) is 0.323. The summed E-state index contributed by atoms with van der Waals surface area (Å²) in [4.78, 5) is 22.8. The molecular formula is C12H10Cl3NO3. The lowest BCUT2D eigenvalue weighted by atomic mass is 10.3. The Hall–Kier alpha value is -0.970. The lowest BCUT2D eigenvalue weighted by molar-refractivity contribution is -0.148. The molecule has 0 unspecified atom stereocenters. The molecule has 0 atom stereocenters. The van der Waals surface area contributed by atoms with Gasteiger partial charge in [-0.3, -0.25) is 9.59 Å². The number of benzene rings is 1. The van der Waals surface area contributed by atoms with Crippen LogP contribution in [0.3, 0.4) is 0 Å². The average Bonchev–Trinajstić information content (AvgIpc) is 3.17. The van der Waals surface area contributed by atoms with Gasteiger partial charge in [0.25, 0.3) is 5.91 Å². The molecule has 1 aliphatic rings. The Labute approximate surface area is 125 Å². The van der Waals surface area contributed by atoms with Gasteiger partial charge in [0.15, 0.2) is 6.61 Å². The molecule has 0 spiro atoms. The van der Waals surface area contributed by atoms with E-state index in [1.54, 1.807) is 0 Å². The van der Waals surface area contributed by atoms with Crippen LogP contribution in [0.25, 0.3) is 0 Å². The largest absolute Gasteiger partial charge is 0.455 e. The standard InChI is InChI=1S/C12H10Cl3NO3/c13-7-3-9(15)10(4-8(7)14)16-11(17)5-19-12(18)6-1-2-6/h3-4,6H,1-2,5H2,(H,16,17). The van der Waals surface area contributed by atoms with E-state index in [0.717, 1.165) is 12.8 Å². The highest BCUT2D eigenvalue weighted by Crippen LogP contribution is 2.32. The van der Waals surface area contributed by atoms with Crippen LogP contribution in [0.1, 0.15) is 12.8 Å². The maximum absolute atomic E-state index is 11.6. The van der Waals surface area contributed by atoms with Crippen LogP contribution in [-0.2, 0) is 14.3 Å². The van der Waals surface area contributed by atoms with Crippen LogP contribution in [0.4, 0.5) is 5.69 Å². The molecule has 0 heterocycles. The Balaban J connectivity index is 1.91. The fraction of sp³-hybridized carbons (Fsp3) is 0.333. The van der Waals surface area contributed by atoms with Crippen molar-refractivity contribution in [2.45, 2.75) is 12.8 Å². The van der Waals surface area contributed by atoms with Crippen molar-refractivity contribution in [2.24, 2.45) is 5.92 Å². The van der Waals surface area contributed by atoms with Crippen molar-refractivity contribution in [1.29, 1.82) is 0 Å². The highest BCUT2D eigenvalue weighted by Gasteiger charge is 2.31. The fourth-order valence-corrected chi connectivity index (χ4v) is 1.97. The molecule has 0 saturated heterocycles. The van der Waals surface area contributed by atoms with E-state index in [1.807, 2.05) is 0 Å². The Kier molecular flexibility index (Phi) is 4.55. The van der Waals surface area contributed by atoms with E-state index in [2.05, 4.69) is 5.32 Å². The van der Waals surface area contributed by atoms with Crippen LogP contribution in [0.5, 0.6) is 0 Å². The number of hydrogen-bond donors (Lipinski definition) is 1. The van der Waals surface area contributed by atoms with Crippen LogP contribution < -0.4 is 5.32 Å². The third-order valence-corrected chi connectivity index (χ3v) is 3.58. The van der Waals surface area contributed by atoms with Gasteiger partial charge in [0.1, 0.15) is 0 Å². The first kappa shape index (κ1) is 14.4. The number of halogens is 3. The van der Waals surface area contributed by atoms with E-state index in [4.69, 9.17) is 39.5 Å². The molecule has 2 rings (SSSR count). The third-order valence-electron chi connectivity index (χ3n) is 2.54. The van der Waals surface area contributed by atoms with Gasteiger partial charge in [-0.05, 0) is 25.0 Å². The number of rotatable bonds is 4. The summed E-state index contributed by atoms with van der Waals surface area (Å²) < 4.78 is 4.84. The quantitative estimate of drug-likeness (QED) is 0.681. The van der Waals surface area contributed by atoms with Gasteiger partial charge in [-0.25, -0.2) is 0 Å². The van der Waals surface area contributed by atoms with Crippen molar-refractivity contribution in [3.05, 3.63) is 27.2 Å². The first-order valence-corrected chi connectivity index (χ1v) is 6.72. The normalized spacial score (nSPS) is 14.1. The Morgan fingerprint density at radius 3 is 2.42 bits per heavy atom. The summed E-state index contributed by atoms with van der Waals surface area (Å²) in [6.07, 6.45) is 1.66. The van der Waals surface area contributed by atoms with Gasteiger partial charge >= 0.3 is 5.97 Å². The Morgan fingerprint density at radius 1 is 1.16 bits per heavy atom. The number of anilines is 1. The van der Waals surface area contributed by atoms with Crippen molar-refractivity contribution in [2.75, 3.05) is 11.9 Å². The zero-order chi connectivity index (χ0) is 14.0. The predicted molar refractivity (Wildman–Crippen MR) is 73.8 cm³/mol. The summed E-state index contributed by atoms with van der Waals surface area (Å²) in [6.45, 7) is -0.341. The van der Waals surface area contributed by atoms with Crippen LogP contribution >= 0.6 is 34.8 Å². The Morgan fingerprint density at radius 2 is 1.79 bits per heavy atom. The van der Waals surface area contributed by atoms with E-state index < -0.39 is 5.91 Å². The molecule has 0 aliphatic heterocycles. The molecule has 1 N–H and O–H groups in total. The molecule has 1 amide bonds. The SMILES string of the molecule is O=C(COC(=O)C1CC1)Nc1cc(Cl)c(Cl)cc1Cl. The second kappa shape index (κ2) is 5.99. The second-order valence-corrected chi connectivity index (χ2v) is 5.40. The minimum Gasteiger partial charge on any atom is -0.455 e. The summed E-state index contributed by atoms with van der Waals surface area (Å²) in [7, 11) is 0. The average molecular weight is 323 g/mol. The van der Waals surface area contributed by atoms with Gasteiger partial charge in [-0.1, -0.05) is 34.8 Å². The molecule has 0 radical (unpaired) electrons. The van der Waals surface area contributed by atoms with Gasteiger partial charge < -0.3 is 10.1 Å². The first-order valence-electron chi connectivity index (χ1n) is 5.58. The number of amides is 1. The highest BCUT2D eigenvalue weighted by molar-refractivity contribution is 6.44. The molecule has 1 saturated carbocycles. The van der Waals surface area contributed by atoms with Crippen molar-refractivity contribution >= 4 is 52.4 Å². The van der Waals surface area contributed by atoms with Gasteiger partial charge in [0, 0.05) is 0 Å². The molecular weight excluding hydrogens is 312 g/mol. The molecule has 1 aromatic carbocycles. The molecule has 1 fully saturated rings. The zero-order valence-corrected chi connectivity index (χ0v) is 12.0. The highest BCUT2D eigenvalue weighted by atomic mass is 35.5. The smallest absolute Gasteiger partial charge is 0.309 e. The molecule has 1 aliphatic carbocycles. The van der Waals surface area contributed by atoms with Crippen molar-refractivity contribution < 1.29 is 14.3 Å². The minimum absolute atomic E-state index is 0.0404. The van der Waals surface area contributed by atoms with Crippen LogP contribution in [-0.4, -0.2) is 18.5 Å². The van der Waals surface area contributed by atoms with Crippen LogP contribution in [0.2, 0.25) is 15.1 Å². The number of nitrogens with one attached hydrogen (secondary N) is 1. The summed E-state index contributed by atoms with van der Waals surface area (Å²) >= 11 is 17.5. The lowest BCUT2D eigenvalue weighted by Crippen LogP contribution is -2.21. The van der Waals surface area contributed by atoms with E-state index in [-0.39, 0.29) is 28.5 Å². The number of esters is 1. The molecule has 0 bridgehead atoms. The summed E-state index contributed by atoms with van der Waals surface area (Å²) in [5, 5.41) is 3.33. The maximum atomic E-state index is 11.6. The van der Waals surface area contributed by atoms with E-state index in [9.17, 15) is 9.59 Å². The van der Waals surface area contributed by atoms with Crippen molar-refractivity contribution in [1.82, 2.24) is 0 Å². The molecule has 0 aromatic heterocycles. The topological polar surface area (TPSA) is 55.4 Å². The molecule has 4 nitrogen and oxygen atoms in total. The monoisotopic (exact) mass is 321 g/mol. The fourth-order valence-electron chi connectivity index (χ4n) is 1.38. The first-order chi connectivity index (χ1) is 8.97. The van der Waals surface area contributed by atoms with Gasteiger partial charge in [-0.2, -0.15) is 0 Å². The maximum Gasteiger partial charge on any atom is 0.309 e. The predicted octanol–water partition coefficient (Wildman–Crippen LogP) is 3.54. The molecule has 19 heavy (non-hydrogen) atoms. The number of ether oxygens (including phenoxy) is 1. The van der Waals surface area contributed by atoms with E-state index >= 15 is 0 Å². The number of carbonyl (C=O) groups excluding carboxylic acids is 2. The van der Waals surface area contributed by atoms with Gasteiger partial charge in [-0.15, -0.1) is 0 Å². The van der Waals surface area contributed by atoms with Crippen LogP contribution in [0.15, 0.2) is 12.1 Å². The van der Waals surface area contributed by atoms with E-state index in [0.29, 0.717) is 10.7 Å². The van der Waals surface area contributed by atoms with E-state index in [1.165, 1.54) is 12.1 Å². The second-order valence-electron chi connectivity index (χ2n) is 4.18. The molecule has 7 heteroatoms. The third kappa shape index (κ3) is 4.00. The van der Waals surface area contributed by atoms with Crippen LogP contribution in [0, 0.1) is 5.92 Å². The van der Waals surface area contributed by atoms with Crippen molar-refractivity contribution in [3.8, 4) is 0 Å². The van der Waals surface area contributed by atoms with Gasteiger partial charge in [0.05, 0.1) is 26.7 Å². The zero-order valence-electron chi connectivity index (χ0n) is 9.71. The molecule has 1 aromatic rings.